The van der Waals surface area contributed by atoms with Crippen LogP contribution in [0, 0.1) is 32.6 Å². The van der Waals surface area contributed by atoms with Gasteiger partial charge < -0.3 is 5.11 Å². The lowest BCUT2D eigenvalue weighted by Gasteiger charge is -2.19. The fourth-order valence-corrected chi connectivity index (χ4v) is 3.03. The molecule has 0 unspecified atom stereocenters. The van der Waals surface area contributed by atoms with Gasteiger partial charge in [0.2, 0.25) is 0 Å². The zero-order chi connectivity index (χ0) is 16.7. The van der Waals surface area contributed by atoms with Gasteiger partial charge in [0.1, 0.15) is 0 Å². The third-order valence-corrected chi connectivity index (χ3v) is 4.48. The van der Waals surface area contributed by atoms with Gasteiger partial charge in [-0.3, -0.25) is 9.69 Å². The molecule has 3 nitrogen and oxygen atoms in total. The van der Waals surface area contributed by atoms with Crippen LogP contribution in [0.5, 0.6) is 0 Å². The van der Waals surface area contributed by atoms with Gasteiger partial charge in [-0.15, -0.1) is 0 Å². The molecule has 0 spiro atoms. The highest BCUT2D eigenvalue weighted by atomic mass is 19.4. The number of carbonyl (C=O) groups is 1. The van der Waals surface area contributed by atoms with E-state index in [-0.39, 0.29) is 13.1 Å². The van der Waals surface area contributed by atoms with E-state index in [4.69, 9.17) is 5.11 Å². The monoisotopic (exact) mass is 315 g/mol. The van der Waals surface area contributed by atoms with E-state index >= 15 is 0 Å². The van der Waals surface area contributed by atoms with Crippen LogP contribution < -0.4 is 0 Å². The molecule has 122 valence electrons. The molecule has 1 N–H and O–H groups in total. The van der Waals surface area contributed by atoms with Crippen molar-refractivity contribution in [2.45, 2.75) is 33.5 Å². The van der Waals surface area contributed by atoms with Crippen molar-refractivity contribution in [2.24, 2.45) is 11.8 Å². The molecule has 22 heavy (non-hydrogen) atoms. The average Bonchev–Trinajstić information content (AvgIpc) is 2.80. The van der Waals surface area contributed by atoms with Gasteiger partial charge in [0.15, 0.2) is 0 Å². The summed E-state index contributed by atoms with van der Waals surface area (Å²) in [4.78, 5) is 12.7. The van der Waals surface area contributed by atoms with Crippen LogP contribution in [0.25, 0.3) is 0 Å². The summed E-state index contributed by atoms with van der Waals surface area (Å²) in [7, 11) is 0. The number of benzene rings is 1. The lowest BCUT2D eigenvalue weighted by Crippen LogP contribution is -2.33. The Balaban J connectivity index is 2.18. The highest BCUT2D eigenvalue weighted by Crippen LogP contribution is 2.38. The molecule has 0 saturated carbocycles. The largest absolute Gasteiger partial charge is 0.481 e. The lowest BCUT2D eigenvalue weighted by atomic mass is 9.96. The molecule has 2 atom stereocenters. The summed E-state index contributed by atoms with van der Waals surface area (Å²) in [6, 6.07) is 3.98. The molecule has 1 aliphatic rings. The van der Waals surface area contributed by atoms with Gasteiger partial charge in [-0.1, -0.05) is 12.1 Å². The minimum Gasteiger partial charge on any atom is -0.481 e. The Morgan fingerprint density at radius 2 is 1.77 bits per heavy atom. The molecule has 1 aliphatic heterocycles. The Bertz CT molecular complexity index is 583. The Morgan fingerprint density at radius 3 is 2.27 bits per heavy atom. The Hall–Kier alpha value is -1.56. The smallest absolute Gasteiger partial charge is 0.393 e. The van der Waals surface area contributed by atoms with Crippen molar-refractivity contribution in [2.75, 3.05) is 13.1 Å². The normalized spacial score (nSPS) is 23.0. The first-order valence-electron chi connectivity index (χ1n) is 7.18. The van der Waals surface area contributed by atoms with Crippen molar-refractivity contribution >= 4 is 5.97 Å². The van der Waals surface area contributed by atoms with Crippen molar-refractivity contribution in [1.82, 2.24) is 4.90 Å². The predicted molar refractivity (Wildman–Crippen MR) is 76.6 cm³/mol. The summed E-state index contributed by atoms with van der Waals surface area (Å²) in [6.45, 7) is 5.90. The zero-order valence-electron chi connectivity index (χ0n) is 12.9. The topological polar surface area (TPSA) is 40.5 Å². The molecular weight excluding hydrogens is 295 g/mol. The van der Waals surface area contributed by atoms with E-state index in [1.165, 1.54) is 0 Å². The van der Waals surface area contributed by atoms with Gasteiger partial charge in [-0.2, -0.15) is 13.2 Å². The Kier molecular flexibility index (Phi) is 4.52. The molecule has 1 heterocycles. The summed E-state index contributed by atoms with van der Waals surface area (Å²) >= 11 is 0. The summed E-state index contributed by atoms with van der Waals surface area (Å²) < 4.78 is 39.0. The van der Waals surface area contributed by atoms with Gasteiger partial charge in [0.25, 0.3) is 0 Å². The summed E-state index contributed by atoms with van der Waals surface area (Å²) in [5.41, 5.74) is 4.20. The molecule has 1 aromatic rings. The van der Waals surface area contributed by atoms with Crippen LogP contribution in [-0.4, -0.2) is 35.2 Å². The predicted octanol–water partition coefficient (Wildman–Crippen LogP) is 3.31. The number of rotatable bonds is 3. The molecule has 0 bridgehead atoms. The maximum atomic E-state index is 13.0. The average molecular weight is 315 g/mol. The molecule has 0 aromatic heterocycles. The van der Waals surface area contributed by atoms with Crippen molar-refractivity contribution in [3.63, 3.8) is 0 Å². The van der Waals surface area contributed by atoms with E-state index in [9.17, 15) is 18.0 Å². The molecule has 1 saturated heterocycles. The quantitative estimate of drug-likeness (QED) is 0.930. The van der Waals surface area contributed by atoms with E-state index in [0.29, 0.717) is 6.54 Å². The molecule has 6 heteroatoms. The Labute approximate surface area is 127 Å². The summed E-state index contributed by atoms with van der Waals surface area (Å²) in [5, 5.41) is 9.04. The van der Waals surface area contributed by atoms with Gasteiger partial charge in [0.05, 0.1) is 11.8 Å². The van der Waals surface area contributed by atoms with E-state index in [2.05, 4.69) is 0 Å². The second-order valence-electron chi connectivity index (χ2n) is 6.15. The highest BCUT2D eigenvalue weighted by Gasteiger charge is 2.52. The molecule has 2 rings (SSSR count). The van der Waals surface area contributed by atoms with Crippen LogP contribution in [0.1, 0.15) is 22.3 Å². The van der Waals surface area contributed by atoms with Crippen molar-refractivity contribution < 1.29 is 23.1 Å². The first kappa shape index (κ1) is 16.8. The fraction of sp³-hybridized carbons (Fsp3) is 0.562. The van der Waals surface area contributed by atoms with E-state index in [1.54, 1.807) is 4.90 Å². The second-order valence-corrected chi connectivity index (χ2v) is 6.15. The lowest BCUT2D eigenvalue weighted by molar-refractivity contribution is -0.188. The Morgan fingerprint density at radius 1 is 1.18 bits per heavy atom. The van der Waals surface area contributed by atoms with E-state index in [0.717, 1.165) is 22.3 Å². The summed E-state index contributed by atoms with van der Waals surface area (Å²) in [6.07, 6.45) is -4.48. The van der Waals surface area contributed by atoms with Crippen LogP contribution >= 0.6 is 0 Å². The number of halogens is 3. The third kappa shape index (κ3) is 3.43. The maximum absolute atomic E-state index is 13.0. The number of aliphatic carboxylic acids is 1. The van der Waals surface area contributed by atoms with Crippen LogP contribution in [0.3, 0.4) is 0 Å². The van der Waals surface area contributed by atoms with Crippen LogP contribution in [0.2, 0.25) is 0 Å². The number of carboxylic acid groups (broad SMARTS) is 1. The van der Waals surface area contributed by atoms with Crippen molar-refractivity contribution in [3.05, 3.63) is 34.4 Å². The number of aryl methyl sites for hydroxylation is 3. The van der Waals surface area contributed by atoms with Gasteiger partial charge >= 0.3 is 12.1 Å². The van der Waals surface area contributed by atoms with E-state index < -0.39 is 24.0 Å². The standard InChI is InChI=1S/C16H20F3NO2/c1-9-4-11(3)12(5-10(9)2)6-20-7-13(15(21)22)14(8-20)16(17,18)19/h4-5,13-14H,6-8H2,1-3H3,(H,21,22)/t13-,14-/m1/s1. The van der Waals surface area contributed by atoms with Crippen LogP contribution in [-0.2, 0) is 11.3 Å². The van der Waals surface area contributed by atoms with E-state index in [1.807, 2.05) is 32.9 Å². The number of nitrogens with zero attached hydrogens (tertiary/aromatic N) is 1. The second kappa shape index (κ2) is 5.91. The first-order valence-corrected chi connectivity index (χ1v) is 7.18. The van der Waals surface area contributed by atoms with Crippen molar-refractivity contribution in [1.29, 1.82) is 0 Å². The number of hydrogen-bond acceptors (Lipinski definition) is 2. The summed E-state index contributed by atoms with van der Waals surface area (Å²) in [5.74, 6) is -4.55. The van der Waals surface area contributed by atoms with Crippen LogP contribution in [0.15, 0.2) is 12.1 Å². The number of carboxylic acids is 1. The van der Waals surface area contributed by atoms with Crippen LogP contribution in [0.4, 0.5) is 13.2 Å². The first-order chi connectivity index (χ1) is 10.1. The number of hydrogen-bond donors (Lipinski definition) is 1. The van der Waals surface area contributed by atoms with Gasteiger partial charge in [-0.25, -0.2) is 0 Å². The number of likely N-dealkylation sites (tertiary alicyclic amines) is 1. The SMILES string of the molecule is Cc1cc(C)c(CN2C[C@@H](C(F)(F)F)[C@H](C(=O)O)C2)cc1C. The molecule has 1 fully saturated rings. The van der Waals surface area contributed by atoms with Crippen molar-refractivity contribution in [3.8, 4) is 0 Å². The molecule has 0 aliphatic carbocycles. The number of alkyl halides is 3. The molecule has 0 radical (unpaired) electrons. The van der Waals surface area contributed by atoms with Gasteiger partial charge in [0, 0.05) is 19.6 Å². The molecule has 1 aromatic carbocycles. The molecule has 0 amide bonds. The highest BCUT2D eigenvalue weighted by molar-refractivity contribution is 5.71. The fourth-order valence-electron chi connectivity index (χ4n) is 3.03. The zero-order valence-corrected chi connectivity index (χ0v) is 12.9. The maximum Gasteiger partial charge on any atom is 0.393 e. The van der Waals surface area contributed by atoms with Gasteiger partial charge in [-0.05, 0) is 43.0 Å². The minimum atomic E-state index is -4.48. The third-order valence-electron chi connectivity index (χ3n) is 4.48. The molecular formula is C16H20F3NO2. The minimum absolute atomic E-state index is 0.0636.